The molecule has 2 fully saturated rings. The van der Waals surface area contributed by atoms with Crippen molar-refractivity contribution in [3.8, 4) is 0 Å². The van der Waals surface area contributed by atoms with E-state index in [9.17, 15) is 0 Å². The van der Waals surface area contributed by atoms with Crippen molar-refractivity contribution in [3.63, 3.8) is 0 Å². The van der Waals surface area contributed by atoms with Gasteiger partial charge in [0.1, 0.15) is 0 Å². The summed E-state index contributed by atoms with van der Waals surface area (Å²) in [5.74, 6) is 2.42. The highest BCUT2D eigenvalue weighted by atomic mass is 15.0. The number of rotatable bonds is 4. The lowest BCUT2D eigenvalue weighted by atomic mass is 9.98. The molecule has 1 aliphatic carbocycles. The topological polar surface area (TPSA) is 24.1 Å². The van der Waals surface area contributed by atoms with Crippen molar-refractivity contribution in [2.75, 3.05) is 19.6 Å². The van der Waals surface area contributed by atoms with E-state index < -0.39 is 0 Å². The highest BCUT2D eigenvalue weighted by Crippen LogP contribution is 2.40. The van der Waals surface area contributed by atoms with Crippen LogP contribution in [0.4, 0.5) is 0 Å². The molecule has 1 aliphatic heterocycles. The first-order valence-electron chi connectivity index (χ1n) is 6.83. The van der Waals surface area contributed by atoms with Crippen molar-refractivity contribution < 1.29 is 0 Å². The Bertz CT molecular complexity index is 362. The molecule has 1 aromatic carbocycles. The van der Waals surface area contributed by atoms with E-state index in [1.165, 1.54) is 31.6 Å². The van der Waals surface area contributed by atoms with E-state index in [0.717, 1.165) is 23.8 Å². The quantitative estimate of drug-likeness (QED) is 0.826. The number of benzene rings is 1. The Balaban J connectivity index is 1.47. The average molecular weight is 230 g/mol. The van der Waals surface area contributed by atoms with E-state index >= 15 is 0 Å². The lowest BCUT2D eigenvalue weighted by Gasteiger charge is -2.14. The predicted molar refractivity (Wildman–Crippen MR) is 71.1 cm³/mol. The van der Waals surface area contributed by atoms with Crippen molar-refractivity contribution in [2.45, 2.75) is 25.3 Å². The van der Waals surface area contributed by atoms with Gasteiger partial charge in [0.25, 0.3) is 0 Å². The lowest BCUT2D eigenvalue weighted by molar-refractivity contribution is 0.418. The largest absolute Gasteiger partial charge is 0.316 e. The first kappa shape index (κ1) is 11.2. The molecule has 0 amide bonds. The van der Waals surface area contributed by atoms with Gasteiger partial charge in [-0.15, -0.1) is 0 Å². The smallest absolute Gasteiger partial charge is 0.0143 e. The number of hydrogen-bond donors (Lipinski definition) is 2. The van der Waals surface area contributed by atoms with Gasteiger partial charge in [0.2, 0.25) is 0 Å². The molecule has 1 aromatic rings. The van der Waals surface area contributed by atoms with Crippen molar-refractivity contribution >= 4 is 0 Å². The zero-order chi connectivity index (χ0) is 11.7. The number of nitrogens with one attached hydrogen (secondary N) is 2. The van der Waals surface area contributed by atoms with Gasteiger partial charge in [-0.2, -0.15) is 0 Å². The average Bonchev–Trinajstić information content (AvgIpc) is 3.04. The molecule has 1 saturated heterocycles. The van der Waals surface area contributed by atoms with Crippen LogP contribution in [-0.4, -0.2) is 25.7 Å². The van der Waals surface area contributed by atoms with Gasteiger partial charge in [-0.3, -0.25) is 0 Å². The van der Waals surface area contributed by atoms with Crippen LogP contribution < -0.4 is 10.6 Å². The van der Waals surface area contributed by atoms with Crippen LogP contribution in [0, 0.1) is 11.8 Å². The summed E-state index contributed by atoms with van der Waals surface area (Å²) in [6.07, 6.45) is 1.32. The van der Waals surface area contributed by atoms with Gasteiger partial charge in [0.15, 0.2) is 0 Å². The highest BCUT2D eigenvalue weighted by molar-refractivity contribution is 5.27. The zero-order valence-electron chi connectivity index (χ0n) is 10.5. The predicted octanol–water partition coefficient (Wildman–Crippen LogP) is 1.99. The Labute approximate surface area is 104 Å². The van der Waals surface area contributed by atoms with Crippen LogP contribution in [0.5, 0.6) is 0 Å². The molecule has 3 rings (SSSR count). The maximum atomic E-state index is 3.74. The summed E-state index contributed by atoms with van der Waals surface area (Å²) >= 11 is 0. The molecule has 2 N–H and O–H groups in total. The summed E-state index contributed by atoms with van der Waals surface area (Å²) in [6, 6.07) is 11.6. The third kappa shape index (κ3) is 2.53. The fourth-order valence-electron chi connectivity index (χ4n) is 2.93. The summed E-state index contributed by atoms with van der Waals surface area (Å²) in [5.41, 5.74) is 1.50. The summed E-state index contributed by atoms with van der Waals surface area (Å²) in [4.78, 5) is 0. The third-order valence-corrected chi connectivity index (χ3v) is 4.34. The van der Waals surface area contributed by atoms with Gasteiger partial charge in [0.05, 0.1) is 0 Å². The molecule has 17 heavy (non-hydrogen) atoms. The Morgan fingerprint density at radius 2 is 2.06 bits per heavy atom. The molecule has 0 spiro atoms. The van der Waals surface area contributed by atoms with Crippen molar-refractivity contribution in [1.82, 2.24) is 10.6 Å². The molecule has 1 saturated carbocycles. The maximum absolute atomic E-state index is 3.74. The molecule has 92 valence electrons. The van der Waals surface area contributed by atoms with Crippen LogP contribution in [0.1, 0.15) is 24.8 Å². The molecule has 0 aromatic heterocycles. The second-order valence-electron chi connectivity index (χ2n) is 5.66. The molecule has 0 radical (unpaired) electrons. The molecular formula is C15H22N2. The van der Waals surface area contributed by atoms with E-state index in [4.69, 9.17) is 0 Å². The maximum Gasteiger partial charge on any atom is 0.0143 e. The zero-order valence-corrected chi connectivity index (χ0v) is 10.5. The van der Waals surface area contributed by atoms with Crippen LogP contribution >= 0.6 is 0 Å². The summed E-state index contributed by atoms with van der Waals surface area (Å²) in [6.45, 7) is 5.92. The monoisotopic (exact) mass is 230 g/mol. The first-order valence-corrected chi connectivity index (χ1v) is 6.83. The fourth-order valence-corrected chi connectivity index (χ4v) is 2.93. The Kier molecular flexibility index (Phi) is 3.17. The van der Waals surface area contributed by atoms with Gasteiger partial charge in [-0.25, -0.2) is 0 Å². The second-order valence-corrected chi connectivity index (χ2v) is 5.66. The summed E-state index contributed by atoms with van der Waals surface area (Å²) in [5, 5.41) is 7.21. The van der Waals surface area contributed by atoms with E-state index in [-0.39, 0.29) is 0 Å². The fraction of sp³-hybridized carbons (Fsp3) is 0.600. The molecule has 0 bridgehead atoms. The molecule has 2 aliphatic rings. The Morgan fingerprint density at radius 3 is 2.76 bits per heavy atom. The Hall–Kier alpha value is -0.860. The van der Waals surface area contributed by atoms with Crippen LogP contribution in [0.3, 0.4) is 0 Å². The number of hydrogen-bond acceptors (Lipinski definition) is 2. The van der Waals surface area contributed by atoms with Crippen molar-refractivity contribution in [1.29, 1.82) is 0 Å². The highest BCUT2D eigenvalue weighted by Gasteiger charge is 2.38. The molecule has 2 heteroatoms. The molecule has 2 nitrogen and oxygen atoms in total. The van der Waals surface area contributed by atoms with E-state index in [2.05, 4.69) is 47.9 Å². The lowest BCUT2D eigenvalue weighted by Crippen LogP contribution is -2.29. The van der Waals surface area contributed by atoms with Crippen molar-refractivity contribution in [3.05, 3.63) is 35.9 Å². The molecule has 1 heterocycles. The van der Waals surface area contributed by atoms with Gasteiger partial charge in [-0.05, 0) is 43.5 Å². The second kappa shape index (κ2) is 4.79. The minimum Gasteiger partial charge on any atom is -0.316 e. The molecule has 4 atom stereocenters. The van der Waals surface area contributed by atoms with E-state index in [1.807, 2.05) is 0 Å². The summed E-state index contributed by atoms with van der Waals surface area (Å²) in [7, 11) is 0. The molecular weight excluding hydrogens is 208 g/mol. The van der Waals surface area contributed by atoms with Gasteiger partial charge in [0, 0.05) is 12.0 Å². The minimum absolute atomic E-state index is 0.727. The standard InChI is InChI=1S/C15H22N2/c1-11-8-16-9-13(11)10-17-15-7-14(15)12-5-3-2-4-6-12/h2-6,11,13-17H,7-10H2,1H3/t11-,13+,14?,15?/m1/s1. The van der Waals surface area contributed by atoms with Crippen LogP contribution in [0.25, 0.3) is 0 Å². The SMILES string of the molecule is C[C@@H]1CNC[C@H]1CNC1CC1c1ccccc1. The van der Waals surface area contributed by atoms with Crippen LogP contribution in [0.15, 0.2) is 30.3 Å². The van der Waals surface area contributed by atoms with Gasteiger partial charge in [-0.1, -0.05) is 37.3 Å². The van der Waals surface area contributed by atoms with Crippen molar-refractivity contribution in [2.24, 2.45) is 11.8 Å². The molecule has 2 unspecified atom stereocenters. The summed E-state index contributed by atoms with van der Waals surface area (Å²) < 4.78 is 0. The Morgan fingerprint density at radius 1 is 1.24 bits per heavy atom. The van der Waals surface area contributed by atoms with E-state index in [0.29, 0.717) is 0 Å². The third-order valence-electron chi connectivity index (χ3n) is 4.34. The first-order chi connectivity index (χ1) is 8.34. The van der Waals surface area contributed by atoms with E-state index in [1.54, 1.807) is 0 Å². The van der Waals surface area contributed by atoms with Gasteiger partial charge >= 0.3 is 0 Å². The normalized spacial score (nSPS) is 36.1. The van der Waals surface area contributed by atoms with Crippen LogP contribution in [-0.2, 0) is 0 Å². The van der Waals surface area contributed by atoms with Gasteiger partial charge < -0.3 is 10.6 Å². The minimum atomic E-state index is 0.727. The van der Waals surface area contributed by atoms with Crippen LogP contribution in [0.2, 0.25) is 0 Å².